The first-order chi connectivity index (χ1) is 14.7. The van der Waals surface area contributed by atoms with E-state index in [2.05, 4.69) is 49.7 Å². The Morgan fingerprint density at radius 1 is 0.657 bits per heavy atom. The molecule has 0 amide bonds. The molecule has 0 saturated heterocycles. The van der Waals surface area contributed by atoms with E-state index < -0.39 is 53.4 Å². The number of rotatable bonds is 10. The third-order valence-electron chi connectivity index (χ3n) is 4.08. The molecule has 0 aliphatic heterocycles. The van der Waals surface area contributed by atoms with Crippen LogP contribution in [-0.2, 0) is 35.3 Å². The Bertz CT molecular complexity index is 816. The summed E-state index contributed by atoms with van der Waals surface area (Å²) < 4.78 is 44.0. The molecule has 0 aliphatic carbocycles. The van der Waals surface area contributed by atoms with E-state index in [1.165, 1.54) is 23.9 Å². The molecule has 0 atom stereocenters. The fourth-order valence-electron chi connectivity index (χ4n) is 1.75. The van der Waals surface area contributed by atoms with E-state index in [-0.39, 0.29) is 38.8 Å². The van der Waals surface area contributed by atoms with Crippen molar-refractivity contribution in [2.75, 3.05) is 27.2 Å². The third-order valence-corrected chi connectivity index (χ3v) is 13.1. The first-order valence-corrected chi connectivity index (χ1v) is 16.4. The number of thiocarbonyl (C=S) groups is 2. The average Bonchev–Trinajstić information content (AvgIpc) is 2.59. The van der Waals surface area contributed by atoms with Crippen LogP contribution in [0.4, 0.5) is 0 Å². The van der Waals surface area contributed by atoms with Gasteiger partial charge >= 0.3 is 47.5 Å². The summed E-state index contributed by atoms with van der Waals surface area (Å²) in [6.07, 6.45) is -1.70. The molecular formula is C10H26CuN2O14P4S4+2. The zero-order valence-electron chi connectivity index (χ0n) is 17.6. The molecular weight excluding hydrogens is 688 g/mol. The molecule has 0 saturated carbocycles. The summed E-state index contributed by atoms with van der Waals surface area (Å²) in [5, 5.41) is 12.2. The Morgan fingerprint density at radius 3 is 0.943 bits per heavy atom. The Hall–Kier alpha value is 1.52. The van der Waals surface area contributed by atoms with Gasteiger partial charge in [0.1, 0.15) is 8.64 Å². The molecule has 0 aromatic rings. The van der Waals surface area contributed by atoms with Gasteiger partial charge in [0.25, 0.3) is 10.2 Å². The predicted molar refractivity (Wildman–Crippen MR) is 136 cm³/mol. The van der Waals surface area contributed by atoms with Crippen molar-refractivity contribution in [3.8, 4) is 0 Å². The van der Waals surface area contributed by atoms with Crippen molar-refractivity contribution in [3.63, 3.8) is 0 Å². The van der Waals surface area contributed by atoms with Crippen molar-refractivity contribution in [1.29, 1.82) is 0 Å². The fraction of sp³-hybridized carbons (Fsp3) is 0.800. The molecule has 213 valence electrons. The van der Waals surface area contributed by atoms with Gasteiger partial charge in [0.2, 0.25) is 0 Å². The molecule has 0 aliphatic rings. The van der Waals surface area contributed by atoms with Gasteiger partial charge in [0, 0.05) is 40.0 Å². The molecule has 10 N–H and O–H groups in total. The predicted octanol–water partition coefficient (Wildman–Crippen LogP) is -0.954. The molecule has 0 spiro atoms. The molecule has 1 radical (unpaired) electrons. The number of aliphatic hydroxyl groups is 2. The van der Waals surface area contributed by atoms with Crippen molar-refractivity contribution in [2.24, 2.45) is 0 Å². The quantitative estimate of drug-likeness (QED) is 0.0562. The Labute approximate surface area is 232 Å². The molecule has 0 bridgehead atoms. The van der Waals surface area contributed by atoms with Gasteiger partial charge in [-0.2, -0.15) is 0 Å². The second-order valence-corrected chi connectivity index (χ2v) is 16.9. The Balaban J connectivity index is -0.000000569. The summed E-state index contributed by atoms with van der Waals surface area (Å²) in [7, 11) is -18.8. The van der Waals surface area contributed by atoms with Crippen LogP contribution in [0.1, 0.15) is 12.8 Å². The largest absolute Gasteiger partial charge is 2.00 e. The van der Waals surface area contributed by atoms with Crippen molar-refractivity contribution >= 4 is 88.7 Å². The van der Waals surface area contributed by atoms with Gasteiger partial charge in [-0.25, -0.2) is 0 Å². The van der Waals surface area contributed by atoms with E-state index in [0.29, 0.717) is 0 Å². The Morgan fingerprint density at radius 2 is 0.829 bits per heavy atom. The Kier molecular flexibility index (Phi) is 17.3. The van der Waals surface area contributed by atoms with E-state index >= 15 is 0 Å². The van der Waals surface area contributed by atoms with E-state index in [9.17, 15) is 28.5 Å². The zero-order valence-corrected chi connectivity index (χ0v) is 25.6. The summed E-state index contributed by atoms with van der Waals surface area (Å²) in [5.74, 6) is 0. The summed E-state index contributed by atoms with van der Waals surface area (Å²) in [4.78, 5) is 73.0. The van der Waals surface area contributed by atoms with Crippen LogP contribution in [0.25, 0.3) is 0 Å². The topological polar surface area (TPSA) is 277 Å². The molecule has 0 unspecified atom stereocenters. The van der Waals surface area contributed by atoms with Crippen molar-refractivity contribution in [1.82, 2.24) is 9.80 Å². The standard InChI is InChI=1S/2C5H13NO7P2S2.Cu/c2*1-6(4(16)17)3-2-5(7,14(8,9)10)15(11,12)13;/h2*7H,2-3H2,1H3,(H,16,17)(H2,8,9,10)(H2,11,12,13);/q;;+2/i;;1+0. The molecule has 35 heavy (non-hydrogen) atoms. The van der Waals surface area contributed by atoms with Crippen LogP contribution >= 0.6 is 80.1 Å². The van der Waals surface area contributed by atoms with Gasteiger partial charge in [0.05, 0.1) is 0 Å². The minimum Gasteiger partial charge on any atom is -0.367 e. The molecule has 0 rings (SSSR count). The minimum atomic E-state index is -5.40. The monoisotopic (exact) mass is 714 g/mol. The van der Waals surface area contributed by atoms with E-state index in [1.54, 1.807) is 0 Å². The average molecular weight is 714 g/mol. The SMILES string of the molecule is CN(CCC(O)(P(=O)(O)O)P(=O)(O)O)C(=S)S.CN(CCC(O)(P(=O)(O)O)P(=O)(O)O)C(=S)S.[64Cu+2]. The van der Waals surface area contributed by atoms with Crippen LogP contribution in [-0.4, -0.2) is 105 Å². The van der Waals surface area contributed by atoms with Crippen LogP contribution in [0.5, 0.6) is 0 Å². The first-order valence-electron chi connectivity index (χ1n) is 8.21. The first kappa shape index (κ1) is 41.0. The maximum absolute atomic E-state index is 11.0. The molecule has 25 heteroatoms. The van der Waals surface area contributed by atoms with Gasteiger partial charge in [0.15, 0.2) is 0 Å². The summed E-state index contributed by atoms with van der Waals surface area (Å²) in [5.41, 5.74) is 0. The van der Waals surface area contributed by atoms with Crippen LogP contribution in [0, 0.1) is 0 Å². The molecule has 0 fully saturated rings. The molecule has 0 aromatic carbocycles. The molecule has 16 nitrogen and oxygen atoms in total. The normalized spacial score (nSPS) is 13.2. The van der Waals surface area contributed by atoms with E-state index in [0.717, 1.165) is 0 Å². The van der Waals surface area contributed by atoms with E-state index in [4.69, 9.17) is 39.1 Å². The van der Waals surface area contributed by atoms with Crippen LogP contribution in [0.15, 0.2) is 0 Å². The summed E-state index contributed by atoms with van der Waals surface area (Å²) in [6.45, 7) is -0.538. The summed E-state index contributed by atoms with van der Waals surface area (Å²) >= 11 is 16.7. The van der Waals surface area contributed by atoms with E-state index in [1.807, 2.05) is 0 Å². The van der Waals surface area contributed by atoms with Crippen LogP contribution < -0.4 is 0 Å². The smallest absolute Gasteiger partial charge is 0.367 e. The molecule has 0 heterocycles. The molecule has 0 aromatic heterocycles. The third kappa shape index (κ3) is 12.1. The van der Waals surface area contributed by atoms with Gasteiger partial charge in [-0.15, -0.1) is 25.3 Å². The maximum atomic E-state index is 11.0. The van der Waals surface area contributed by atoms with Crippen molar-refractivity contribution in [2.45, 2.75) is 23.0 Å². The van der Waals surface area contributed by atoms with Crippen molar-refractivity contribution < 1.29 is 84.7 Å². The maximum Gasteiger partial charge on any atom is 2.00 e. The number of hydrogen-bond donors (Lipinski definition) is 12. The van der Waals surface area contributed by atoms with Crippen LogP contribution in [0.2, 0.25) is 0 Å². The minimum absolute atomic E-state index is 0. The fourth-order valence-corrected chi connectivity index (χ4v) is 6.41. The number of nitrogens with zero attached hydrogens (tertiary/aromatic N) is 2. The van der Waals surface area contributed by atoms with Gasteiger partial charge in [-0.05, 0) is 0 Å². The number of hydrogen-bond acceptors (Lipinski definition) is 8. The van der Waals surface area contributed by atoms with Crippen LogP contribution in [0.3, 0.4) is 0 Å². The second kappa shape index (κ2) is 14.8. The van der Waals surface area contributed by atoms with Gasteiger partial charge < -0.3 is 59.2 Å². The summed E-state index contributed by atoms with van der Waals surface area (Å²) in [6, 6.07) is 0. The number of thiol groups is 2. The van der Waals surface area contributed by atoms with Gasteiger partial charge in [-0.3, -0.25) is 18.3 Å². The second-order valence-electron chi connectivity index (χ2n) is 6.63. The van der Waals surface area contributed by atoms with Gasteiger partial charge in [-0.1, -0.05) is 24.4 Å². The van der Waals surface area contributed by atoms with Crippen molar-refractivity contribution in [3.05, 3.63) is 0 Å². The zero-order chi connectivity index (χ0) is 28.1.